The lowest BCUT2D eigenvalue weighted by molar-refractivity contribution is -0.137. The van der Waals surface area contributed by atoms with E-state index in [0.717, 1.165) is 18.2 Å². The molecule has 0 heterocycles. The number of sulfone groups is 1. The Morgan fingerprint density at radius 1 is 1.08 bits per heavy atom. The second-order valence-electron chi connectivity index (χ2n) is 5.15. The van der Waals surface area contributed by atoms with Crippen LogP contribution in [0.1, 0.15) is 12.0 Å². The van der Waals surface area contributed by atoms with Crippen molar-refractivity contribution in [2.24, 2.45) is 0 Å². The topological polar surface area (TPSA) is 63.2 Å². The van der Waals surface area contributed by atoms with Crippen molar-refractivity contribution in [1.29, 1.82) is 0 Å². The number of rotatable bonds is 5. The third kappa shape index (κ3) is 5.47. The van der Waals surface area contributed by atoms with Crippen LogP contribution >= 0.6 is 11.6 Å². The molecule has 134 valence electrons. The lowest BCUT2D eigenvalue weighted by Gasteiger charge is -2.10. The molecule has 1 N–H and O–H groups in total. The highest BCUT2D eigenvalue weighted by molar-refractivity contribution is 7.91. The van der Waals surface area contributed by atoms with E-state index in [1.54, 1.807) is 0 Å². The Bertz CT molecular complexity index is 882. The van der Waals surface area contributed by atoms with Crippen LogP contribution in [-0.4, -0.2) is 20.1 Å². The smallest absolute Gasteiger partial charge is 0.326 e. The zero-order valence-corrected chi connectivity index (χ0v) is 14.3. The van der Waals surface area contributed by atoms with Gasteiger partial charge < -0.3 is 5.32 Å². The number of hydrogen-bond donors (Lipinski definition) is 1. The molecule has 0 aliphatic heterocycles. The third-order valence-corrected chi connectivity index (χ3v) is 5.18. The standard InChI is InChI=1S/C16H13ClF3NO3S/c17-12-4-2-6-14(10-12)25(23,24)8-7-15(22)21-13-5-1-3-11(9-13)16(18,19)20/h1-6,9-10H,7-8H2,(H,21,22). The molecule has 0 spiro atoms. The molecule has 2 rings (SSSR count). The first kappa shape index (κ1) is 19.3. The summed E-state index contributed by atoms with van der Waals surface area (Å²) >= 11 is 5.74. The molecular formula is C16H13ClF3NO3S. The molecule has 0 aliphatic carbocycles. The molecular weight excluding hydrogens is 379 g/mol. The molecule has 0 bridgehead atoms. The lowest BCUT2D eigenvalue weighted by atomic mass is 10.2. The number of halogens is 4. The summed E-state index contributed by atoms with van der Waals surface area (Å²) in [5.41, 5.74) is -0.961. The molecule has 0 aromatic heterocycles. The second kappa shape index (κ2) is 7.45. The number of anilines is 1. The van der Waals surface area contributed by atoms with E-state index in [9.17, 15) is 26.4 Å². The van der Waals surface area contributed by atoms with Gasteiger partial charge in [0.1, 0.15) is 0 Å². The molecule has 0 saturated carbocycles. The van der Waals surface area contributed by atoms with Crippen molar-refractivity contribution in [3.63, 3.8) is 0 Å². The summed E-state index contributed by atoms with van der Waals surface area (Å²) in [4.78, 5) is 11.8. The average Bonchev–Trinajstić information content (AvgIpc) is 2.52. The maximum absolute atomic E-state index is 12.6. The van der Waals surface area contributed by atoms with Crippen molar-refractivity contribution in [3.8, 4) is 0 Å². The fourth-order valence-corrected chi connectivity index (χ4v) is 3.54. The first-order chi connectivity index (χ1) is 11.6. The van der Waals surface area contributed by atoms with Gasteiger partial charge in [-0.05, 0) is 36.4 Å². The van der Waals surface area contributed by atoms with Crippen molar-refractivity contribution in [3.05, 3.63) is 59.1 Å². The predicted molar refractivity (Wildman–Crippen MR) is 88.2 cm³/mol. The Balaban J connectivity index is 2.01. The van der Waals surface area contributed by atoms with Gasteiger partial charge in [0.15, 0.2) is 9.84 Å². The molecule has 0 radical (unpaired) electrons. The second-order valence-corrected chi connectivity index (χ2v) is 7.70. The molecule has 4 nitrogen and oxygen atoms in total. The Morgan fingerprint density at radius 3 is 2.40 bits per heavy atom. The molecule has 0 atom stereocenters. The van der Waals surface area contributed by atoms with Crippen molar-refractivity contribution in [2.45, 2.75) is 17.5 Å². The predicted octanol–water partition coefficient (Wildman–Crippen LogP) is 4.16. The molecule has 9 heteroatoms. The van der Waals surface area contributed by atoms with Gasteiger partial charge in [0.25, 0.3) is 0 Å². The lowest BCUT2D eigenvalue weighted by Crippen LogP contribution is -2.18. The van der Waals surface area contributed by atoms with E-state index in [4.69, 9.17) is 11.6 Å². The Kier molecular flexibility index (Phi) is 5.74. The molecule has 0 unspecified atom stereocenters. The van der Waals surface area contributed by atoms with E-state index < -0.39 is 39.7 Å². The zero-order chi connectivity index (χ0) is 18.7. The van der Waals surface area contributed by atoms with Crippen molar-refractivity contribution < 1.29 is 26.4 Å². The molecule has 0 saturated heterocycles. The van der Waals surface area contributed by atoms with Crippen molar-refractivity contribution >= 4 is 33.0 Å². The van der Waals surface area contributed by atoms with Gasteiger partial charge in [-0.15, -0.1) is 0 Å². The molecule has 2 aromatic rings. The minimum atomic E-state index is -4.53. The quantitative estimate of drug-likeness (QED) is 0.832. The molecule has 1 amide bonds. The van der Waals surface area contributed by atoms with Crippen LogP contribution in [0, 0.1) is 0 Å². The highest BCUT2D eigenvalue weighted by Gasteiger charge is 2.30. The number of carbonyl (C=O) groups is 1. The number of benzene rings is 2. The monoisotopic (exact) mass is 391 g/mol. The molecule has 2 aromatic carbocycles. The van der Waals surface area contributed by atoms with Crippen LogP contribution < -0.4 is 5.32 Å². The number of hydrogen-bond acceptors (Lipinski definition) is 3. The van der Waals surface area contributed by atoms with Gasteiger partial charge in [0.05, 0.1) is 16.2 Å². The summed E-state index contributed by atoms with van der Waals surface area (Å²) in [7, 11) is -3.73. The van der Waals surface area contributed by atoms with Crippen LogP contribution in [0.2, 0.25) is 5.02 Å². The summed E-state index contributed by atoms with van der Waals surface area (Å²) < 4.78 is 62.2. The van der Waals surface area contributed by atoms with E-state index in [1.165, 1.54) is 30.3 Å². The molecule has 0 fully saturated rings. The molecule has 0 aliphatic rings. The van der Waals surface area contributed by atoms with E-state index in [2.05, 4.69) is 5.32 Å². The Labute approximate surface area is 147 Å². The van der Waals surface area contributed by atoms with Gasteiger partial charge >= 0.3 is 6.18 Å². The summed E-state index contributed by atoms with van der Waals surface area (Å²) in [5.74, 6) is -1.19. The maximum atomic E-state index is 12.6. The van der Waals surface area contributed by atoms with Crippen molar-refractivity contribution in [2.75, 3.05) is 11.1 Å². The Morgan fingerprint density at radius 2 is 1.76 bits per heavy atom. The highest BCUT2D eigenvalue weighted by Crippen LogP contribution is 2.30. The van der Waals surface area contributed by atoms with Crippen LogP contribution in [-0.2, 0) is 20.8 Å². The fourth-order valence-electron chi connectivity index (χ4n) is 2.00. The largest absolute Gasteiger partial charge is 0.416 e. The van der Waals surface area contributed by atoms with Crippen LogP contribution in [0.3, 0.4) is 0 Å². The minimum absolute atomic E-state index is 0.0214. The van der Waals surface area contributed by atoms with E-state index in [1.807, 2.05) is 0 Å². The van der Waals surface area contributed by atoms with Crippen molar-refractivity contribution in [1.82, 2.24) is 0 Å². The van der Waals surface area contributed by atoms with Gasteiger partial charge in [-0.1, -0.05) is 23.7 Å². The van der Waals surface area contributed by atoms with Gasteiger partial charge in [-0.3, -0.25) is 4.79 Å². The first-order valence-corrected chi connectivity index (χ1v) is 9.06. The number of nitrogens with one attached hydrogen (secondary N) is 1. The zero-order valence-electron chi connectivity index (χ0n) is 12.7. The summed E-state index contributed by atoms with van der Waals surface area (Å²) in [6.07, 6.45) is -4.93. The first-order valence-electron chi connectivity index (χ1n) is 7.03. The third-order valence-electron chi connectivity index (χ3n) is 3.23. The number of alkyl halides is 3. The van der Waals surface area contributed by atoms with Gasteiger partial charge in [-0.25, -0.2) is 8.42 Å². The average molecular weight is 392 g/mol. The highest BCUT2D eigenvalue weighted by atomic mass is 35.5. The van der Waals surface area contributed by atoms with Crippen LogP contribution in [0.25, 0.3) is 0 Å². The fraction of sp³-hybridized carbons (Fsp3) is 0.188. The maximum Gasteiger partial charge on any atom is 0.416 e. The van der Waals surface area contributed by atoms with Gasteiger partial charge in [0, 0.05) is 17.1 Å². The van der Waals surface area contributed by atoms with Gasteiger partial charge in [-0.2, -0.15) is 13.2 Å². The summed E-state index contributed by atoms with van der Waals surface area (Å²) in [5, 5.41) is 2.51. The minimum Gasteiger partial charge on any atom is -0.326 e. The number of amides is 1. The normalized spacial score (nSPS) is 12.0. The van der Waals surface area contributed by atoms with E-state index in [-0.39, 0.29) is 15.6 Å². The van der Waals surface area contributed by atoms with E-state index in [0.29, 0.717) is 0 Å². The summed E-state index contributed by atoms with van der Waals surface area (Å²) in [6, 6.07) is 9.70. The number of carbonyl (C=O) groups excluding carboxylic acids is 1. The van der Waals surface area contributed by atoms with Gasteiger partial charge in [0.2, 0.25) is 5.91 Å². The van der Waals surface area contributed by atoms with Crippen LogP contribution in [0.5, 0.6) is 0 Å². The van der Waals surface area contributed by atoms with Crippen LogP contribution in [0.4, 0.5) is 18.9 Å². The SMILES string of the molecule is O=C(CCS(=O)(=O)c1cccc(Cl)c1)Nc1cccc(C(F)(F)F)c1. The Hall–Kier alpha value is -2.06. The molecule has 25 heavy (non-hydrogen) atoms. The van der Waals surface area contributed by atoms with Crippen LogP contribution in [0.15, 0.2) is 53.4 Å². The van der Waals surface area contributed by atoms with E-state index >= 15 is 0 Å². The summed E-state index contributed by atoms with van der Waals surface area (Å²) in [6.45, 7) is 0.